The molecule has 39 heavy (non-hydrogen) atoms. The fourth-order valence-corrected chi connectivity index (χ4v) is 4.90. The van der Waals surface area contributed by atoms with E-state index in [1.165, 1.54) is 21.3 Å². The van der Waals surface area contributed by atoms with Crippen LogP contribution >= 0.6 is 0 Å². The third kappa shape index (κ3) is 5.46. The van der Waals surface area contributed by atoms with Gasteiger partial charge in [0, 0.05) is 41.6 Å². The molecule has 0 atom stereocenters. The Morgan fingerprint density at radius 1 is 1.03 bits per heavy atom. The van der Waals surface area contributed by atoms with Crippen molar-refractivity contribution < 1.29 is 23.7 Å². The van der Waals surface area contributed by atoms with E-state index >= 15 is 0 Å². The van der Waals surface area contributed by atoms with E-state index in [4.69, 9.17) is 29.0 Å². The van der Waals surface area contributed by atoms with Crippen molar-refractivity contribution in [2.75, 3.05) is 46.3 Å². The summed E-state index contributed by atoms with van der Waals surface area (Å²) < 4.78 is 23.5. The van der Waals surface area contributed by atoms with Crippen molar-refractivity contribution in [3.63, 3.8) is 0 Å². The summed E-state index contributed by atoms with van der Waals surface area (Å²) in [6.45, 7) is 4.32. The lowest BCUT2D eigenvalue weighted by Crippen LogP contribution is -2.29. The maximum Gasteiger partial charge on any atom is 0.259 e. The zero-order chi connectivity index (χ0) is 27.4. The average molecular weight is 532 g/mol. The molecule has 3 heterocycles. The second kappa shape index (κ2) is 11.6. The summed E-state index contributed by atoms with van der Waals surface area (Å²) in [7, 11) is 4.61. The number of aromatic nitrogens is 3. The Morgan fingerprint density at radius 3 is 2.33 bits per heavy atom. The number of carbonyl (C=O) groups excluding carboxylic acids is 1. The number of hydrogen-bond donors (Lipinski definition) is 2. The number of nitrogens with zero attached hydrogens (tertiary/aromatic N) is 3. The number of anilines is 1. The van der Waals surface area contributed by atoms with Crippen LogP contribution in [0.3, 0.4) is 0 Å². The number of hydrogen-bond acceptors (Lipinski definition) is 8. The summed E-state index contributed by atoms with van der Waals surface area (Å²) in [5.74, 6) is 2.03. The van der Waals surface area contributed by atoms with Crippen LogP contribution in [0.15, 0.2) is 48.7 Å². The molecule has 0 radical (unpaired) electrons. The molecule has 4 aromatic rings. The van der Waals surface area contributed by atoms with Crippen molar-refractivity contribution in [2.24, 2.45) is 0 Å². The second-order valence-electron chi connectivity index (χ2n) is 9.22. The van der Waals surface area contributed by atoms with Crippen LogP contribution in [0, 0.1) is 0 Å². The molecule has 1 fully saturated rings. The summed E-state index contributed by atoms with van der Waals surface area (Å²) in [6, 6.07) is 13.1. The van der Waals surface area contributed by atoms with Crippen LogP contribution in [0.5, 0.6) is 23.0 Å². The molecule has 2 aromatic carbocycles. The van der Waals surface area contributed by atoms with Gasteiger partial charge in [0.2, 0.25) is 5.75 Å². The smallest absolute Gasteiger partial charge is 0.259 e. The largest absolute Gasteiger partial charge is 0.494 e. The lowest BCUT2D eigenvalue weighted by atomic mass is 9.91. The second-order valence-corrected chi connectivity index (χ2v) is 9.22. The molecule has 1 aliphatic heterocycles. The molecule has 10 nitrogen and oxygen atoms in total. The lowest BCUT2D eigenvalue weighted by molar-refractivity contribution is 0.102. The minimum Gasteiger partial charge on any atom is -0.494 e. The molecule has 2 N–H and O–H groups in total. The number of piperidine rings is 1. The third-order valence-electron chi connectivity index (χ3n) is 6.83. The molecule has 204 valence electrons. The number of rotatable bonds is 9. The van der Waals surface area contributed by atoms with Crippen LogP contribution in [0.4, 0.5) is 5.69 Å². The van der Waals surface area contributed by atoms with Gasteiger partial charge in [-0.25, -0.2) is 9.50 Å². The molecule has 1 aliphatic rings. The Kier molecular flexibility index (Phi) is 7.83. The highest BCUT2D eigenvalue weighted by Crippen LogP contribution is 2.40. The van der Waals surface area contributed by atoms with Gasteiger partial charge in [0.05, 0.1) is 44.9 Å². The predicted octanol–water partition coefficient (Wildman–Crippen LogP) is 4.54. The number of nitrogens with one attached hydrogen (secondary N) is 2. The van der Waals surface area contributed by atoms with Crippen LogP contribution in [-0.2, 0) is 0 Å². The Morgan fingerprint density at radius 2 is 1.72 bits per heavy atom. The van der Waals surface area contributed by atoms with E-state index in [1.54, 1.807) is 22.8 Å². The van der Waals surface area contributed by atoms with Crippen molar-refractivity contribution in [1.82, 2.24) is 19.9 Å². The highest BCUT2D eigenvalue weighted by molar-refractivity contribution is 6.05. The van der Waals surface area contributed by atoms with Gasteiger partial charge in [0.1, 0.15) is 5.75 Å². The van der Waals surface area contributed by atoms with E-state index in [2.05, 4.69) is 10.6 Å². The Labute approximate surface area is 227 Å². The van der Waals surface area contributed by atoms with Crippen molar-refractivity contribution in [2.45, 2.75) is 25.7 Å². The quantitative estimate of drug-likeness (QED) is 0.324. The van der Waals surface area contributed by atoms with Crippen LogP contribution in [0.25, 0.3) is 16.9 Å². The molecule has 0 spiro atoms. The van der Waals surface area contributed by atoms with Gasteiger partial charge >= 0.3 is 0 Å². The van der Waals surface area contributed by atoms with E-state index in [1.807, 2.05) is 37.3 Å². The molecule has 0 aliphatic carbocycles. The monoisotopic (exact) mass is 531 g/mol. The van der Waals surface area contributed by atoms with Gasteiger partial charge in [-0.15, -0.1) is 0 Å². The van der Waals surface area contributed by atoms with Gasteiger partial charge in [-0.2, -0.15) is 5.10 Å². The molecule has 0 unspecified atom stereocenters. The summed E-state index contributed by atoms with van der Waals surface area (Å²) in [5.41, 5.74) is 4.16. The van der Waals surface area contributed by atoms with Crippen LogP contribution in [-0.4, -0.2) is 61.5 Å². The first-order chi connectivity index (χ1) is 19.0. The molecule has 0 bridgehead atoms. The Bertz CT molecular complexity index is 1440. The fourth-order valence-electron chi connectivity index (χ4n) is 4.90. The molecule has 5 rings (SSSR count). The SMILES string of the molecule is CCOc1ccc(-c2cc3nc(C4CCNCC4)c(C(=O)Nc4cc(OC)c(OC)c(OC)c4)cn3n2)cc1. The maximum atomic E-state index is 13.7. The highest BCUT2D eigenvalue weighted by Gasteiger charge is 2.25. The van der Waals surface area contributed by atoms with E-state index in [0.29, 0.717) is 40.8 Å². The average Bonchev–Trinajstić information content (AvgIpc) is 3.40. The topological polar surface area (TPSA) is 108 Å². The summed E-state index contributed by atoms with van der Waals surface area (Å²) in [6.07, 6.45) is 3.56. The molecular weight excluding hydrogens is 498 g/mol. The number of fused-ring (bicyclic) bond motifs is 1. The van der Waals surface area contributed by atoms with Crippen molar-refractivity contribution in [1.29, 1.82) is 0 Å². The first-order valence-corrected chi connectivity index (χ1v) is 13.0. The van der Waals surface area contributed by atoms with Crippen LogP contribution in [0.1, 0.15) is 41.7 Å². The van der Waals surface area contributed by atoms with E-state index in [9.17, 15) is 4.79 Å². The van der Waals surface area contributed by atoms with Gasteiger partial charge < -0.3 is 29.6 Å². The Balaban J connectivity index is 1.53. The molecule has 0 saturated carbocycles. The molecule has 2 aromatic heterocycles. The summed E-state index contributed by atoms with van der Waals surface area (Å²) in [4.78, 5) is 18.7. The molecule has 1 saturated heterocycles. The summed E-state index contributed by atoms with van der Waals surface area (Å²) >= 11 is 0. The standard InChI is InChI=1S/C29H33N5O5/c1-5-39-21-8-6-18(7-9-21)23-16-26-32-27(19-10-12-30-13-11-19)22(17-34(26)33-23)29(35)31-20-14-24(36-2)28(38-4)25(15-20)37-3/h6-9,14-17,19,30H,5,10-13H2,1-4H3,(H,31,35). The number of amides is 1. The maximum absolute atomic E-state index is 13.7. The number of benzene rings is 2. The highest BCUT2D eigenvalue weighted by atomic mass is 16.5. The van der Waals surface area contributed by atoms with Crippen LogP contribution in [0.2, 0.25) is 0 Å². The number of carbonyl (C=O) groups is 1. The Hall–Kier alpha value is -4.31. The predicted molar refractivity (Wildman–Crippen MR) is 148 cm³/mol. The van der Waals surface area contributed by atoms with E-state index in [0.717, 1.165) is 48.6 Å². The number of ether oxygens (including phenoxy) is 4. The van der Waals surface area contributed by atoms with Gasteiger partial charge in [-0.05, 0) is 57.1 Å². The van der Waals surface area contributed by atoms with Gasteiger partial charge in [-0.1, -0.05) is 0 Å². The first-order valence-electron chi connectivity index (χ1n) is 13.0. The molecule has 1 amide bonds. The normalized spacial score (nSPS) is 13.7. The van der Waals surface area contributed by atoms with Crippen molar-refractivity contribution in [3.8, 4) is 34.3 Å². The lowest BCUT2D eigenvalue weighted by Gasteiger charge is -2.24. The van der Waals surface area contributed by atoms with Gasteiger partial charge in [0.15, 0.2) is 17.1 Å². The zero-order valence-corrected chi connectivity index (χ0v) is 22.6. The minimum atomic E-state index is -0.287. The van der Waals surface area contributed by atoms with Crippen molar-refractivity contribution >= 4 is 17.2 Å². The summed E-state index contributed by atoms with van der Waals surface area (Å²) in [5, 5.41) is 11.1. The van der Waals surface area contributed by atoms with Crippen LogP contribution < -0.4 is 29.6 Å². The minimum absolute atomic E-state index is 0.153. The number of methoxy groups -OCH3 is 3. The van der Waals surface area contributed by atoms with Gasteiger partial charge in [-0.3, -0.25) is 4.79 Å². The molecule has 10 heteroatoms. The molecular formula is C29H33N5O5. The van der Waals surface area contributed by atoms with Gasteiger partial charge in [0.25, 0.3) is 5.91 Å². The van der Waals surface area contributed by atoms with E-state index in [-0.39, 0.29) is 11.8 Å². The van der Waals surface area contributed by atoms with E-state index < -0.39 is 0 Å². The zero-order valence-electron chi connectivity index (χ0n) is 22.6. The third-order valence-corrected chi connectivity index (χ3v) is 6.83. The fraction of sp³-hybridized carbons (Fsp3) is 0.345. The first kappa shape index (κ1) is 26.3. The van der Waals surface area contributed by atoms with Crippen molar-refractivity contribution in [3.05, 3.63) is 59.9 Å².